The molecule has 0 atom stereocenters. The molecule has 0 spiro atoms. The quantitative estimate of drug-likeness (QED) is 0.163. The Kier molecular flexibility index (Phi) is 5.68. The van der Waals surface area contributed by atoms with Gasteiger partial charge in [0.2, 0.25) is 0 Å². The minimum absolute atomic E-state index is 0.0603. The predicted octanol–water partition coefficient (Wildman–Crippen LogP) is 15.4. The molecule has 0 radical (unpaired) electrons. The van der Waals surface area contributed by atoms with Crippen LogP contribution in [0.15, 0.2) is 152 Å². The molecule has 0 aliphatic carbocycles. The van der Waals surface area contributed by atoms with E-state index in [-0.39, 0.29) is 46.5 Å². The number of aromatic nitrogens is 3. The van der Waals surface area contributed by atoms with Crippen molar-refractivity contribution in [1.82, 2.24) is 14.5 Å². The van der Waals surface area contributed by atoms with Crippen LogP contribution in [0.25, 0.3) is 122 Å². The van der Waals surface area contributed by atoms with Crippen molar-refractivity contribution >= 4 is 140 Å². The number of halogens is 2. The summed E-state index contributed by atoms with van der Waals surface area (Å²) >= 11 is 10.6. The number of rotatable bonds is 2. The van der Waals surface area contributed by atoms with Gasteiger partial charge in [-0.25, -0.2) is 14.4 Å². The zero-order chi connectivity index (χ0) is 41.0. The van der Waals surface area contributed by atoms with E-state index in [0.29, 0.717) is 38.1 Å². The third-order valence-corrected chi connectivity index (χ3v) is 14.1. The number of fused-ring (bicyclic) bond motifs is 18. The molecule has 0 N–H and O–H groups in total. The minimum Gasteiger partial charge on any atom is -0.290 e. The molecule has 7 heteroatoms. The van der Waals surface area contributed by atoms with Gasteiger partial charge in [-0.3, -0.25) is 4.57 Å². The summed E-state index contributed by atoms with van der Waals surface area (Å²) in [4.78, 5) is 10.0. The highest BCUT2D eigenvalue weighted by Crippen LogP contribution is 2.51. The third kappa shape index (κ3) is 4.35. The van der Waals surface area contributed by atoms with E-state index < -0.39 is 0 Å². The lowest BCUT2D eigenvalue weighted by molar-refractivity contribution is 0.630. The van der Waals surface area contributed by atoms with E-state index in [9.17, 15) is 7.13 Å². The first-order valence-electron chi connectivity index (χ1n) is 20.5. The second-order valence-electron chi connectivity index (χ2n) is 14.4. The van der Waals surface area contributed by atoms with Crippen LogP contribution in [-0.4, -0.2) is 14.5 Å². The van der Waals surface area contributed by atoms with E-state index in [4.69, 9.17) is 24.3 Å². The first-order chi connectivity index (χ1) is 29.7. The summed E-state index contributed by atoms with van der Waals surface area (Å²) in [6, 6.07) is 41.0. The molecular weight excluding hydrogens is 761 g/mol. The average Bonchev–Trinajstić information content (AvgIpc) is 3.98. The topological polar surface area (TPSA) is 30.7 Å². The fourth-order valence-electron chi connectivity index (χ4n) is 9.02. The van der Waals surface area contributed by atoms with Crippen molar-refractivity contribution < 1.29 is 9.87 Å². The molecule has 4 aromatic heterocycles. The van der Waals surface area contributed by atoms with Crippen LogP contribution in [0.5, 0.6) is 0 Å². The smallest absolute Gasteiger partial charge is 0.176 e. The van der Waals surface area contributed by atoms with Crippen LogP contribution in [-0.2, 0) is 0 Å². The van der Waals surface area contributed by atoms with Crippen LogP contribution < -0.4 is 0 Å². The third-order valence-electron chi connectivity index (χ3n) is 11.4. The summed E-state index contributed by atoms with van der Waals surface area (Å²) in [5, 5.41) is 10.9. The van der Waals surface area contributed by atoms with E-state index in [1.807, 2.05) is 6.07 Å². The lowest BCUT2D eigenvalue weighted by atomic mass is 9.93. The molecule has 0 aliphatic rings. The fourth-order valence-corrected chi connectivity index (χ4v) is 11.8. The zero-order valence-corrected chi connectivity index (χ0v) is 31.9. The summed E-state index contributed by atoms with van der Waals surface area (Å²) in [6.07, 6.45) is 0. The zero-order valence-electron chi connectivity index (χ0n) is 33.5. The molecule has 0 bridgehead atoms. The standard InChI is InChI=1S/C50H25ClFN3S2/c51-49-50(54-45-31-21-19-29(52)24-27(31)17-22-38(45)53-49)55-39-14-5-3-11-36(39)42-37-25-28(32-12-7-13-35-33-10-4-6-15-40(33)56-47(32)35)16-20-34(37)44-43-30-9-2-1-8-26(30)18-23-41(43)57-48(44)46(42)55/h1-25H/i3D,5D,11D,14D. The lowest BCUT2D eigenvalue weighted by Gasteiger charge is -2.13. The molecule has 0 amide bonds. The van der Waals surface area contributed by atoms with Crippen LogP contribution in [0.3, 0.4) is 0 Å². The molecule has 0 unspecified atom stereocenters. The largest absolute Gasteiger partial charge is 0.290 e. The van der Waals surface area contributed by atoms with Gasteiger partial charge in [0.1, 0.15) is 5.82 Å². The van der Waals surface area contributed by atoms with Crippen molar-refractivity contribution in [1.29, 1.82) is 0 Å². The molecule has 13 aromatic rings. The highest BCUT2D eigenvalue weighted by Gasteiger charge is 2.25. The van der Waals surface area contributed by atoms with Crippen molar-refractivity contribution in [2.75, 3.05) is 0 Å². The van der Waals surface area contributed by atoms with E-state index in [1.54, 1.807) is 45.4 Å². The molecule has 0 aliphatic heterocycles. The van der Waals surface area contributed by atoms with Crippen molar-refractivity contribution in [3.8, 4) is 16.9 Å². The van der Waals surface area contributed by atoms with Gasteiger partial charge in [-0.2, -0.15) is 0 Å². The van der Waals surface area contributed by atoms with Crippen molar-refractivity contribution in [3.05, 3.63) is 163 Å². The Labute approximate surface area is 342 Å². The Balaban J connectivity index is 1.28. The maximum absolute atomic E-state index is 14.5. The van der Waals surface area contributed by atoms with Gasteiger partial charge in [0.05, 0.1) is 32.2 Å². The Bertz CT molecular complexity index is 4160. The second-order valence-corrected chi connectivity index (χ2v) is 16.9. The van der Waals surface area contributed by atoms with Crippen LogP contribution in [0.1, 0.15) is 5.48 Å². The minimum atomic E-state index is -0.373. The number of thiophene rings is 2. The van der Waals surface area contributed by atoms with Gasteiger partial charge < -0.3 is 0 Å². The van der Waals surface area contributed by atoms with E-state index in [2.05, 4.69) is 91.0 Å². The summed E-state index contributed by atoms with van der Waals surface area (Å²) in [6.45, 7) is 0. The number of para-hydroxylation sites is 1. The van der Waals surface area contributed by atoms with Gasteiger partial charge in [-0.15, -0.1) is 22.7 Å². The van der Waals surface area contributed by atoms with Gasteiger partial charge >= 0.3 is 0 Å². The SMILES string of the molecule is [2H]c1c([2H])c([2H])c2c(c1[2H])c1c3cc(-c4cccc5c4sc4ccccc45)ccc3c3c(sc4ccc5ccccc5c43)c1n2-c1nc2c(ccc3cc(F)ccc32)nc1Cl. The molecule has 266 valence electrons. The molecule has 0 saturated carbocycles. The molecule has 0 fully saturated rings. The first kappa shape index (κ1) is 28.0. The van der Waals surface area contributed by atoms with Gasteiger partial charge in [-0.05, 0) is 86.6 Å². The highest BCUT2D eigenvalue weighted by molar-refractivity contribution is 7.27. The molecule has 13 rings (SSSR count). The van der Waals surface area contributed by atoms with Crippen LogP contribution >= 0.6 is 34.3 Å². The van der Waals surface area contributed by atoms with Crippen molar-refractivity contribution in [3.63, 3.8) is 0 Å². The summed E-state index contributed by atoms with van der Waals surface area (Å²) in [5.41, 5.74) is 3.97. The van der Waals surface area contributed by atoms with Crippen LogP contribution in [0.2, 0.25) is 5.15 Å². The van der Waals surface area contributed by atoms with E-state index in [1.165, 1.54) is 32.3 Å². The maximum atomic E-state index is 14.5. The predicted molar refractivity (Wildman–Crippen MR) is 243 cm³/mol. The van der Waals surface area contributed by atoms with Crippen molar-refractivity contribution in [2.45, 2.75) is 0 Å². The Morgan fingerprint density at radius 2 is 1.39 bits per heavy atom. The monoisotopic (exact) mass is 789 g/mol. The summed E-state index contributed by atoms with van der Waals surface area (Å²) in [7, 11) is 0. The lowest BCUT2D eigenvalue weighted by Crippen LogP contribution is -2.02. The number of hydrogen-bond acceptors (Lipinski definition) is 4. The Morgan fingerprint density at radius 3 is 2.33 bits per heavy atom. The normalized spacial score (nSPS) is 13.4. The molecule has 3 nitrogen and oxygen atoms in total. The Morgan fingerprint density at radius 1 is 0.579 bits per heavy atom. The summed E-state index contributed by atoms with van der Waals surface area (Å²) in [5.74, 6) is -0.160. The van der Waals surface area contributed by atoms with Gasteiger partial charge in [-0.1, -0.05) is 115 Å². The van der Waals surface area contributed by atoms with Crippen molar-refractivity contribution in [2.24, 2.45) is 0 Å². The molecule has 57 heavy (non-hydrogen) atoms. The molecule has 9 aromatic carbocycles. The first-order valence-corrected chi connectivity index (χ1v) is 20.5. The fraction of sp³-hybridized carbons (Fsp3) is 0. The number of nitrogens with zero attached hydrogens (tertiary/aromatic N) is 3. The molecular formula is C50H25ClFN3S2. The average molecular weight is 790 g/mol. The van der Waals surface area contributed by atoms with Crippen LogP contribution in [0.4, 0.5) is 4.39 Å². The van der Waals surface area contributed by atoms with Gasteiger partial charge in [0.15, 0.2) is 11.0 Å². The highest BCUT2D eigenvalue weighted by atomic mass is 35.5. The Hall–Kier alpha value is -6.44. The molecule has 4 heterocycles. The van der Waals surface area contributed by atoms with Gasteiger partial charge in [0, 0.05) is 51.8 Å². The van der Waals surface area contributed by atoms with Gasteiger partial charge in [0.25, 0.3) is 0 Å². The summed E-state index contributed by atoms with van der Waals surface area (Å²) < 4.78 is 57.7. The maximum Gasteiger partial charge on any atom is 0.176 e. The van der Waals surface area contributed by atoms with E-state index in [0.717, 1.165) is 52.8 Å². The van der Waals surface area contributed by atoms with Crippen LogP contribution in [0, 0.1) is 5.82 Å². The number of benzene rings is 9. The second kappa shape index (κ2) is 11.6. The molecule has 0 saturated heterocycles. The van der Waals surface area contributed by atoms with E-state index >= 15 is 0 Å². The number of hydrogen-bond donors (Lipinski definition) is 0.